The van der Waals surface area contributed by atoms with Gasteiger partial charge in [0.1, 0.15) is 5.54 Å². The second kappa shape index (κ2) is 7.76. The molecule has 0 spiro atoms. The Balaban J connectivity index is 2.04. The van der Waals surface area contributed by atoms with Crippen LogP contribution in [0.5, 0.6) is 0 Å². The third kappa shape index (κ3) is 5.37. The van der Waals surface area contributed by atoms with Crippen LogP contribution in [-0.4, -0.2) is 25.3 Å². The molecule has 0 saturated heterocycles. The fourth-order valence-electron chi connectivity index (χ4n) is 2.46. The molecule has 0 aromatic carbocycles. The topological polar surface area (TPSA) is 45.0 Å². The predicted molar refractivity (Wildman–Crippen MR) is 74.3 cm³/mol. The van der Waals surface area contributed by atoms with Crippen LogP contribution in [0.25, 0.3) is 0 Å². The number of nitrogens with one attached hydrogen (secondary N) is 1. The van der Waals surface area contributed by atoms with E-state index in [0.29, 0.717) is 6.10 Å². The number of nitrogens with zero attached hydrogens (tertiary/aromatic N) is 1. The van der Waals surface area contributed by atoms with Crippen molar-refractivity contribution in [3.63, 3.8) is 0 Å². The second-order valence-corrected chi connectivity index (χ2v) is 5.90. The molecular formula is C15H28N2O. The Bertz CT molecular complexity index is 266. The number of hydrogen-bond acceptors (Lipinski definition) is 3. The summed E-state index contributed by atoms with van der Waals surface area (Å²) >= 11 is 0. The second-order valence-electron chi connectivity index (χ2n) is 5.90. The normalized spacial score (nSPS) is 27.4. The summed E-state index contributed by atoms with van der Waals surface area (Å²) in [5, 5.41) is 12.1. The molecule has 1 fully saturated rings. The first-order chi connectivity index (χ1) is 8.59. The number of unbranched alkanes of at least 4 members (excludes halogenated alkanes) is 1. The summed E-state index contributed by atoms with van der Waals surface area (Å²) in [7, 11) is 1.85. The largest absolute Gasteiger partial charge is 0.378 e. The molecular weight excluding hydrogens is 224 g/mol. The van der Waals surface area contributed by atoms with Gasteiger partial charge < -0.3 is 10.1 Å². The van der Waals surface area contributed by atoms with E-state index in [1.165, 1.54) is 25.7 Å². The van der Waals surface area contributed by atoms with Crippen molar-refractivity contribution in [1.82, 2.24) is 5.32 Å². The van der Waals surface area contributed by atoms with E-state index in [2.05, 4.69) is 18.3 Å². The van der Waals surface area contributed by atoms with Crippen molar-refractivity contribution in [3.8, 4) is 6.07 Å². The van der Waals surface area contributed by atoms with Gasteiger partial charge in [-0.3, -0.25) is 0 Å². The highest BCUT2D eigenvalue weighted by Gasteiger charge is 2.21. The maximum Gasteiger partial charge on any atom is 0.103 e. The fraction of sp³-hybridized carbons (Fsp3) is 0.933. The highest BCUT2D eigenvalue weighted by molar-refractivity contribution is 5.02. The van der Waals surface area contributed by atoms with Gasteiger partial charge in [0, 0.05) is 6.61 Å². The van der Waals surface area contributed by atoms with Gasteiger partial charge in [0.2, 0.25) is 0 Å². The zero-order valence-electron chi connectivity index (χ0n) is 12.2. The lowest BCUT2D eigenvalue weighted by Crippen LogP contribution is -2.37. The fourth-order valence-corrected chi connectivity index (χ4v) is 2.46. The minimum absolute atomic E-state index is 0.375. The molecule has 1 aliphatic rings. The molecule has 104 valence electrons. The molecule has 3 heteroatoms. The van der Waals surface area contributed by atoms with Crippen LogP contribution >= 0.6 is 0 Å². The van der Waals surface area contributed by atoms with Crippen LogP contribution in [0.3, 0.4) is 0 Å². The summed E-state index contributed by atoms with van der Waals surface area (Å²) in [4.78, 5) is 0. The molecule has 18 heavy (non-hydrogen) atoms. The Hall–Kier alpha value is -0.590. The average Bonchev–Trinajstić information content (AvgIpc) is 2.40. The Morgan fingerprint density at radius 2 is 1.94 bits per heavy atom. The lowest BCUT2D eigenvalue weighted by molar-refractivity contribution is 0.0175. The van der Waals surface area contributed by atoms with Crippen LogP contribution in [0.15, 0.2) is 0 Å². The molecule has 0 aliphatic heterocycles. The summed E-state index contributed by atoms with van der Waals surface area (Å²) in [6.45, 7) is 5.14. The summed E-state index contributed by atoms with van der Waals surface area (Å²) in [5.41, 5.74) is -0.375. The molecule has 0 aromatic rings. The maximum absolute atomic E-state index is 9.03. The zero-order valence-corrected chi connectivity index (χ0v) is 12.2. The zero-order chi connectivity index (χ0) is 13.4. The van der Waals surface area contributed by atoms with Gasteiger partial charge in [0.25, 0.3) is 0 Å². The summed E-state index contributed by atoms with van der Waals surface area (Å²) in [6.07, 6.45) is 8.59. The van der Waals surface area contributed by atoms with Gasteiger partial charge in [-0.1, -0.05) is 6.92 Å². The molecule has 0 heterocycles. The smallest absolute Gasteiger partial charge is 0.103 e. The highest BCUT2D eigenvalue weighted by atomic mass is 16.5. The molecule has 1 saturated carbocycles. The molecule has 1 rings (SSSR count). The standard InChI is InChI=1S/C15H28N2O/c1-13-6-8-14(9-7-13)18-11-5-4-10-15(2,12-16)17-3/h13-14,17H,4-11H2,1-3H3. The Morgan fingerprint density at radius 1 is 1.28 bits per heavy atom. The molecule has 1 N–H and O–H groups in total. The van der Waals surface area contributed by atoms with Crippen LogP contribution in [0.1, 0.15) is 58.8 Å². The summed E-state index contributed by atoms with van der Waals surface area (Å²) in [5.74, 6) is 0.886. The van der Waals surface area contributed by atoms with Gasteiger partial charge in [-0.05, 0) is 64.8 Å². The van der Waals surface area contributed by atoms with Crippen LogP contribution in [0.2, 0.25) is 0 Å². The number of ether oxygens (including phenoxy) is 1. The minimum atomic E-state index is -0.375. The van der Waals surface area contributed by atoms with Gasteiger partial charge in [0.05, 0.1) is 12.2 Å². The molecule has 0 aromatic heterocycles. The van der Waals surface area contributed by atoms with E-state index in [1.54, 1.807) is 0 Å². The van der Waals surface area contributed by atoms with E-state index in [9.17, 15) is 0 Å². The van der Waals surface area contributed by atoms with Crippen LogP contribution in [0.4, 0.5) is 0 Å². The van der Waals surface area contributed by atoms with E-state index < -0.39 is 0 Å². The van der Waals surface area contributed by atoms with Gasteiger partial charge in [-0.25, -0.2) is 0 Å². The van der Waals surface area contributed by atoms with Crippen molar-refractivity contribution in [1.29, 1.82) is 5.26 Å². The Morgan fingerprint density at radius 3 is 2.50 bits per heavy atom. The monoisotopic (exact) mass is 252 g/mol. The van der Waals surface area contributed by atoms with Crippen molar-refractivity contribution >= 4 is 0 Å². The van der Waals surface area contributed by atoms with Crippen molar-refractivity contribution < 1.29 is 4.74 Å². The van der Waals surface area contributed by atoms with E-state index in [1.807, 2.05) is 14.0 Å². The molecule has 1 atom stereocenters. The SMILES string of the molecule is CNC(C)(C#N)CCCCOC1CCC(C)CC1. The van der Waals surface area contributed by atoms with Gasteiger partial charge in [-0.2, -0.15) is 5.26 Å². The number of rotatable bonds is 7. The van der Waals surface area contributed by atoms with Crippen LogP contribution < -0.4 is 5.32 Å². The predicted octanol–water partition coefficient (Wildman–Crippen LogP) is 3.25. The summed E-state index contributed by atoms with van der Waals surface area (Å²) < 4.78 is 5.91. The first-order valence-corrected chi connectivity index (χ1v) is 7.31. The third-order valence-electron chi connectivity index (χ3n) is 4.19. The average molecular weight is 252 g/mol. The molecule has 3 nitrogen and oxygen atoms in total. The van der Waals surface area contributed by atoms with Crippen molar-refractivity contribution in [3.05, 3.63) is 0 Å². The van der Waals surface area contributed by atoms with Crippen molar-refractivity contribution in [2.24, 2.45) is 5.92 Å². The highest BCUT2D eigenvalue weighted by Crippen LogP contribution is 2.25. The Labute approximate surface area is 112 Å². The Kier molecular flexibility index (Phi) is 6.67. The van der Waals surface area contributed by atoms with Gasteiger partial charge >= 0.3 is 0 Å². The van der Waals surface area contributed by atoms with E-state index in [0.717, 1.165) is 31.8 Å². The lowest BCUT2D eigenvalue weighted by Gasteiger charge is -2.26. The molecule has 0 bridgehead atoms. The van der Waals surface area contributed by atoms with Gasteiger partial charge in [-0.15, -0.1) is 0 Å². The first kappa shape index (κ1) is 15.5. The number of hydrogen-bond donors (Lipinski definition) is 1. The number of nitriles is 1. The van der Waals surface area contributed by atoms with Crippen LogP contribution in [-0.2, 0) is 4.74 Å². The minimum Gasteiger partial charge on any atom is -0.378 e. The van der Waals surface area contributed by atoms with Crippen molar-refractivity contribution in [2.45, 2.75) is 70.4 Å². The first-order valence-electron chi connectivity index (χ1n) is 7.31. The van der Waals surface area contributed by atoms with E-state index in [4.69, 9.17) is 10.00 Å². The summed E-state index contributed by atoms with van der Waals surface area (Å²) in [6, 6.07) is 2.32. The lowest BCUT2D eigenvalue weighted by atomic mass is 9.89. The van der Waals surface area contributed by atoms with Gasteiger partial charge in [0.15, 0.2) is 0 Å². The molecule has 0 radical (unpaired) electrons. The van der Waals surface area contributed by atoms with Crippen molar-refractivity contribution in [2.75, 3.05) is 13.7 Å². The maximum atomic E-state index is 9.03. The van der Waals surface area contributed by atoms with E-state index in [-0.39, 0.29) is 5.54 Å². The molecule has 1 aliphatic carbocycles. The van der Waals surface area contributed by atoms with E-state index >= 15 is 0 Å². The molecule has 1 unspecified atom stereocenters. The quantitative estimate of drug-likeness (QED) is 0.707. The molecule has 0 amide bonds. The van der Waals surface area contributed by atoms with Crippen LogP contribution in [0, 0.1) is 17.2 Å². The third-order valence-corrected chi connectivity index (χ3v) is 4.19.